The molecule has 0 aliphatic heterocycles. The Balaban J connectivity index is 1.42. The van der Waals surface area contributed by atoms with E-state index in [4.69, 9.17) is 4.74 Å². The summed E-state index contributed by atoms with van der Waals surface area (Å²) in [6, 6.07) is 10.4. The van der Waals surface area contributed by atoms with E-state index in [0.29, 0.717) is 33.7 Å². The Morgan fingerprint density at radius 1 is 0.947 bits per heavy atom. The van der Waals surface area contributed by atoms with Gasteiger partial charge in [-0.05, 0) is 48.0 Å². The summed E-state index contributed by atoms with van der Waals surface area (Å²) in [6.07, 6.45) is -7.21. The van der Waals surface area contributed by atoms with E-state index in [9.17, 15) is 35.9 Å². The number of hydrogen-bond donors (Lipinski definition) is 2. The van der Waals surface area contributed by atoms with Gasteiger partial charge in [-0.1, -0.05) is 12.1 Å². The maximum absolute atomic E-state index is 13.1. The second kappa shape index (κ2) is 10.1. The van der Waals surface area contributed by atoms with Crippen LogP contribution in [0.3, 0.4) is 0 Å². The fourth-order valence-corrected chi connectivity index (χ4v) is 3.49. The van der Waals surface area contributed by atoms with Crippen molar-refractivity contribution >= 4 is 22.6 Å². The third kappa shape index (κ3) is 6.05. The van der Waals surface area contributed by atoms with Crippen LogP contribution < -0.4 is 20.9 Å². The van der Waals surface area contributed by atoms with Gasteiger partial charge in [0.1, 0.15) is 17.2 Å². The van der Waals surface area contributed by atoms with E-state index in [1.165, 1.54) is 30.5 Å². The van der Waals surface area contributed by atoms with Crippen molar-refractivity contribution in [2.75, 3.05) is 5.32 Å². The van der Waals surface area contributed by atoms with Crippen LogP contribution in [0.4, 0.5) is 36.8 Å². The quantitative estimate of drug-likeness (QED) is 0.303. The lowest BCUT2D eigenvalue weighted by Gasteiger charge is -2.13. The van der Waals surface area contributed by atoms with Gasteiger partial charge in [-0.25, -0.2) is 4.79 Å². The SMILES string of the molecule is Cn1cc(C(F)(F)F)cc(NC(=O)NCc2ccc(Oc3ccnc4ccc(C(F)(F)F)cc34)cc2)c1=O. The first-order valence-electron chi connectivity index (χ1n) is 10.9. The molecule has 0 aliphatic rings. The highest BCUT2D eigenvalue weighted by atomic mass is 19.4. The molecular formula is C25H18F6N4O3. The summed E-state index contributed by atoms with van der Waals surface area (Å²) in [5.41, 5.74) is -2.41. The van der Waals surface area contributed by atoms with Gasteiger partial charge in [0.25, 0.3) is 5.56 Å². The van der Waals surface area contributed by atoms with E-state index in [0.717, 1.165) is 19.2 Å². The normalized spacial score (nSPS) is 11.9. The second-order valence-corrected chi connectivity index (χ2v) is 8.15. The number of pyridine rings is 2. The van der Waals surface area contributed by atoms with Gasteiger partial charge in [0.05, 0.1) is 16.6 Å². The fourth-order valence-electron chi connectivity index (χ4n) is 3.49. The van der Waals surface area contributed by atoms with Gasteiger partial charge in [-0.15, -0.1) is 0 Å². The van der Waals surface area contributed by atoms with Crippen molar-refractivity contribution in [1.82, 2.24) is 14.9 Å². The predicted molar refractivity (Wildman–Crippen MR) is 126 cm³/mol. The second-order valence-electron chi connectivity index (χ2n) is 8.15. The summed E-state index contributed by atoms with van der Waals surface area (Å²) >= 11 is 0. The number of amides is 2. The molecule has 2 aromatic heterocycles. The number of rotatable bonds is 5. The Kier molecular flexibility index (Phi) is 7.03. The molecular weight excluding hydrogens is 518 g/mol. The molecule has 0 fully saturated rings. The average molecular weight is 536 g/mol. The number of alkyl halides is 6. The van der Waals surface area contributed by atoms with Gasteiger partial charge in [0.15, 0.2) is 0 Å². The summed E-state index contributed by atoms with van der Waals surface area (Å²) in [7, 11) is 1.13. The molecule has 0 spiro atoms. The third-order valence-electron chi connectivity index (χ3n) is 5.39. The number of hydrogen-bond acceptors (Lipinski definition) is 4. The molecule has 13 heteroatoms. The summed E-state index contributed by atoms with van der Waals surface area (Å²) in [4.78, 5) is 28.3. The van der Waals surface area contributed by atoms with E-state index in [1.807, 2.05) is 0 Å². The van der Waals surface area contributed by atoms with Crippen molar-refractivity contribution in [2.45, 2.75) is 18.9 Å². The van der Waals surface area contributed by atoms with Gasteiger partial charge in [-0.2, -0.15) is 26.3 Å². The maximum Gasteiger partial charge on any atom is 0.417 e. The largest absolute Gasteiger partial charge is 0.457 e. The van der Waals surface area contributed by atoms with Gasteiger partial charge in [0.2, 0.25) is 0 Å². The van der Waals surface area contributed by atoms with Gasteiger partial charge >= 0.3 is 18.4 Å². The molecule has 0 saturated carbocycles. The van der Waals surface area contributed by atoms with Crippen LogP contribution in [0, 0.1) is 0 Å². The molecule has 2 heterocycles. The first-order chi connectivity index (χ1) is 17.8. The number of urea groups is 1. The number of ether oxygens (including phenoxy) is 1. The van der Waals surface area contributed by atoms with Crippen LogP contribution in [0.1, 0.15) is 16.7 Å². The number of nitrogens with zero attached hydrogens (tertiary/aromatic N) is 2. The molecule has 38 heavy (non-hydrogen) atoms. The summed E-state index contributed by atoms with van der Waals surface area (Å²) < 4.78 is 84.8. The lowest BCUT2D eigenvalue weighted by atomic mass is 10.1. The number of benzene rings is 2. The molecule has 0 unspecified atom stereocenters. The first kappa shape index (κ1) is 26.5. The number of nitrogens with one attached hydrogen (secondary N) is 2. The highest BCUT2D eigenvalue weighted by Gasteiger charge is 2.32. The lowest BCUT2D eigenvalue weighted by Crippen LogP contribution is -2.32. The average Bonchev–Trinajstić information content (AvgIpc) is 2.85. The monoisotopic (exact) mass is 536 g/mol. The molecule has 7 nitrogen and oxygen atoms in total. The zero-order valence-electron chi connectivity index (χ0n) is 19.4. The molecule has 0 atom stereocenters. The highest BCUT2D eigenvalue weighted by Crippen LogP contribution is 2.35. The molecule has 4 aromatic rings. The zero-order chi connectivity index (χ0) is 27.7. The standard InChI is InChI=1S/C25H18F6N4O3/c1-35-13-16(25(29,30)31)11-20(22(35)36)34-23(37)33-12-14-2-5-17(6-3-14)38-21-8-9-32-19-7-4-15(10-18(19)21)24(26,27)28/h2-11,13H,12H2,1H3,(H2,33,34,37). The Hall–Kier alpha value is -4.55. The Labute approximate surface area is 210 Å². The van der Waals surface area contributed by atoms with Crippen molar-refractivity contribution in [1.29, 1.82) is 0 Å². The number of carbonyl (C=O) groups excluding carboxylic acids is 1. The van der Waals surface area contributed by atoms with E-state index in [2.05, 4.69) is 15.6 Å². The van der Waals surface area contributed by atoms with Crippen molar-refractivity contribution in [3.8, 4) is 11.5 Å². The van der Waals surface area contributed by atoms with Crippen LogP contribution >= 0.6 is 0 Å². The van der Waals surface area contributed by atoms with Crippen LogP contribution in [0.15, 0.2) is 71.8 Å². The number of fused-ring (bicyclic) bond motifs is 1. The zero-order valence-corrected chi connectivity index (χ0v) is 19.4. The summed E-state index contributed by atoms with van der Waals surface area (Å²) in [6.45, 7) is -0.0431. The minimum atomic E-state index is -4.70. The maximum atomic E-state index is 13.1. The summed E-state index contributed by atoms with van der Waals surface area (Å²) in [5.74, 6) is 0.463. The molecule has 0 bridgehead atoms. The predicted octanol–water partition coefficient (Wildman–Crippen LogP) is 6.09. The molecule has 4 rings (SSSR count). The van der Waals surface area contributed by atoms with Crippen molar-refractivity contribution in [2.24, 2.45) is 7.05 Å². The Morgan fingerprint density at radius 3 is 2.29 bits per heavy atom. The van der Waals surface area contributed by atoms with Crippen LogP contribution in [0.5, 0.6) is 11.5 Å². The molecule has 198 valence electrons. The lowest BCUT2D eigenvalue weighted by molar-refractivity contribution is -0.138. The van der Waals surface area contributed by atoms with E-state index in [-0.39, 0.29) is 17.7 Å². The number of anilines is 1. The van der Waals surface area contributed by atoms with Crippen LogP contribution in [-0.2, 0) is 25.9 Å². The topological polar surface area (TPSA) is 85.2 Å². The summed E-state index contributed by atoms with van der Waals surface area (Å²) in [5, 5.41) is 4.72. The molecule has 2 amide bonds. The van der Waals surface area contributed by atoms with Crippen molar-refractivity contribution in [3.63, 3.8) is 0 Å². The molecule has 0 saturated heterocycles. The number of aromatic nitrogens is 2. The molecule has 0 aliphatic carbocycles. The molecule has 2 aromatic carbocycles. The Bertz CT molecular complexity index is 1550. The van der Waals surface area contributed by atoms with Crippen molar-refractivity contribution in [3.05, 3.63) is 94.0 Å². The van der Waals surface area contributed by atoms with Gasteiger partial charge < -0.3 is 19.9 Å². The molecule has 0 radical (unpaired) electrons. The highest BCUT2D eigenvalue weighted by molar-refractivity contribution is 5.89. The van der Waals surface area contributed by atoms with Crippen molar-refractivity contribution < 1.29 is 35.9 Å². The van der Waals surface area contributed by atoms with Crippen LogP contribution in [-0.4, -0.2) is 15.6 Å². The van der Waals surface area contributed by atoms with Crippen LogP contribution in [0.25, 0.3) is 10.9 Å². The number of halogens is 6. The Morgan fingerprint density at radius 2 is 1.63 bits per heavy atom. The first-order valence-corrected chi connectivity index (χ1v) is 10.9. The third-order valence-corrected chi connectivity index (χ3v) is 5.39. The van der Waals surface area contributed by atoms with Gasteiger partial charge in [-0.3, -0.25) is 9.78 Å². The smallest absolute Gasteiger partial charge is 0.417 e. The fraction of sp³-hybridized carbons (Fsp3) is 0.160. The van der Waals surface area contributed by atoms with Gasteiger partial charge in [0, 0.05) is 31.4 Å². The minimum absolute atomic E-state index is 0.0431. The van der Waals surface area contributed by atoms with E-state index in [1.54, 1.807) is 12.1 Å². The number of carbonyl (C=O) groups is 1. The minimum Gasteiger partial charge on any atom is -0.457 e. The van der Waals surface area contributed by atoms with Crippen LogP contribution in [0.2, 0.25) is 0 Å². The number of aryl methyl sites for hydroxylation is 1. The van der Waals surface area contributed by atoms with E-state index >= 15 is 0 Å². The van der Waals surface area contributed by atoms with E-state index < -0.39 is 40.8 Å². The molecule has 2 N–H and O–H groups in total.